The van der Waals surface area contributed by atoms with Crippen molar-refractivity contribution in [2.75, 3.05) is 13.0 Å². The standard InChI is InChI=1S/C19H32BN3O4/c1-17(2,3)25-16(24)22-10-8-15(9-11-22)23-13-14(12-21-23)20-26-18(4,5)19(6,7)27-20/h12-13,15H,8-11H2,1-7H3/i10D2. The van der Waals surface area contributed by atoms with Gasteiger partial charge in [0.1, 0.15) is 5.60 Å². The lowest BCUT2D eigenvalue weighted by molar-refractivity contribution is 0.00578. The molecule has 0 radical (unpaired) electrons. The monoisotopic (exact) mass is 379 g/mol. The van der Waals surface area contributed by atoms with E-state index in [1.54, 1.807) is 31.6 Å². The van der Waals surface area contributed by atoms with Crippen LogP contribution >= 0.6 is 0 Å². The molecule has 2 aliphatic heterocycles. The van der Waals surface area contributed by atoms with Crippen molar-refractivity contribution in [1.29, 1.82) is 0 Å². The van der Waals surface area contributed by atoms with Crippen LogP contribution in [0, 0.1) is 0 Å². The first kappa shape index (κ1) is 17.6. The van der Waals surface area contributed by atoms with E-state index in [1.165, 1.54) is 4.90 Å². The number of hydrogen-bond donors (Lipinski definition) is 0. The number of amides is 1. The third-order valence-electron chi connectivity index (χ3n) is 5.34. The van der Waals surface area contributed by atoms with E-state index in [0.29, 0.717) is 6.42 Å². The molecule has 0 aliphatic carbocycles. The van der Waals surface area contributed by atoms with Crippen molar-refractivity contribution >= 4 is 18.7 Å². The minimum absolute atomic E-state index is 0.136. The fourth-order valence-electron chi connectivity index (χ4n) is 3.03. The molecule has 1 atom stereocenters. The average molecular weight is 379 g/mol. The number of hydrogen-bond acceptors (Lipinski definition) is 5. The first-order valence-electron chi connectivity index (χ1n) is 10.5. The van der Waals surface area contributed by atoms with E-state index in [4.69, 9.17) is 16.8 Å². The van der Waals surface area contributed by atoms with Gasteiger partial charge in [-0.15, -0.1) is 0 Å². The minimum Gasteiger partial charge on any atom is -0.444 e. The summed E-state index contributed by atoms with van der Waals surface area (Å²) in [5.74, 6) is 0. The van der Waals surface area contributed by atoms with Crippen LogP contribution in [0.4, 0.5) is 4.79 Å². The number of carbonyl (C=O) groups excluding carboxylic acids is 1. The molecule has 1 aromatic heterocycles. The van der Waals surface area contributed by atoms with E-state index in [9.17, 15) is 4.79 Å². The van der Waals surface area contributed by atoms with Crippen LogP contribution in [0.25, 0.3) is 0 Å². The van der Waals surface area contributed by atoms with Crippen LogP contribution < -0.4 is 5.46 Å². The van der Waals surface area contributed by atoms with E-state index in [2.05, 4.69) is 5.10 Å². The summed E-state index contributed by atoms with van der Waals surface area (Å²) in [4.78, 5) is 13.6. The van der Waals surface area contributed by atoms with Gasteiger partial charge in [-0.2, -0.15) is 5.10 Å². The highest BCUT2D eigenvalue weighted by molar-refractivity contribution is 6.62. The molecule has 1 aromatic rings. The molecule has 1 unspecified atom stereocenters. The highest BCUT2D eigenvalue weighted by Crippen LogP contribution is 2.36. The van der Waals surface area contributed by atoms with Gasteiger partial charge in [0.25, 0.3) is 0 Å². The molecule has 150 valence electrons. The van der Waals surface area contributed by atoms with E-state index in [-0.39, 0.29) is 19.0 Å². The van der Waals surface area contributed by atoms with Gasteiger partial charge < -0.3 is 18.9 Å². The molecule has 0 N–H and O–H groups in total. The van der Waals surface area contributed by atoms with Gasteiger partial charge in [-0.25, -0.2) is 4.79 Å². The van der Waals surface area contributed by atoms with Gasteiger partial charge in [0, 0.05) is 33.6 Å². The van der Waals surface area contributed by atoms with E-state index in [0.717, 1.165) is 5.46 Å². The summed E-state index contributed by atoms with van der Waals surface area (Å²) in [6.45, 7) is 11.8. The number of rotatable bonds is 2. The SMILES string of the molecule is [2H]C1([2H])CC(n2cc(B3OC(C)(C)C(C)(C)O3)cn2)CCN1C(=O)OC(C)(C)C. The lowest BCUT2D eigenvalue weighted by atomic mass is 9.82. The predicted molar refractivity (Wildman–Crippen MR) is 104 cm³/mol. The Morgan fingerprint density at radius 1 is 1.30 bits per heavy atom. The molecule has 0 saturated carbocycles. The van der Waals surface area contributed by atoms with Gasteiger partial charge in [-0.1, -0.05) is 0 Å². The molecule has 8 heteroatoms. The molecule has 0 aromatic carbocycles. The molecule has 0 bridgehead atoms. The summed E-state index contributed by atoms with van der Waals surface area (Å²) in [6, 6.07) is -0.167. The zero-order chi connectivity index (χ0) is 21.8. The van der Waals surface area contributed by atoms with Crippen LogP contribution in [-0.2, 0) is 14.0 Å². The van der Waals surface area contributed by atoms with Gasteiger partial charge in [0.15, 0.2) is 0 Å². The molecule has 2 aliphatic rings. The Bertz CT molecular complexity index is 760. The van der Waals surface area contributed by atoms with Gasteiger partial charge >= 0.3 is 13.2 Å². The largest absolute Gasteiger partial charge is 0.498 e. The first-order chi connectivity index (χ1) is 13.1. The summed E-state index contributed by atoms with van der Waals surface area (Å²) in [6.07, 6.45) is 3.66. The molecule has 0 spiro atoms. The fourth-order valence-corrected chi connectivity index (χ4v) is 3.03. The van der Waals surface area contributed by atoms with Crippen LogP contribution in [0.15, 0.2) is 12.4 Å². The van der Waals surface area contributed by atoms with Crippen LogP contribution in [0.1, 0.15) is 70.1 Å². The Morgan fingerprint density at radius 3 is 2.48 bits per heavy atom. The third-order valence-corrected chi connectivity index (χ3v) is 5.34. The molecular formula is C19H32BN3O4. The van der Waals surface area contributed by atoms with Gasteiger partial charge in [0.2, 0.25) is 0 Å². The minimum atomic E-state index is -1.82. The average Bonchev–Trinajstić information content (AvgIpc) is 3.07. The normalized spacial score (nSPS) is 27.9. The van der Waals surface area contributed by atoms with Crippen molar-refractivity contribution in [1.82, 2.24) is 14.7 Å². The van der Waals surface area contributed by atoms with Gasteiger partial charge in [-0.3, -0.25) is 4.68 Å². The quantitative estimate of drug-likeness (QED) is 0.740. The Hall–Kier alpha value is -1.54. The molecule has 3 rings (SSSR count). The summed E-state index contributed by atoms with van der Waals surface area (Å²) < 4.78 is 36.0. The lowest BCUT2D eigenvalue weighted by Gasteiger charge is -2.33. The first-order valence-corrected chi connectivity index (χ1v) is 9.52. The van der Waals surface area contributed by atoms with Crippen molar-refractivity contribution in [3.63, 3.8) is 0 Å². The van der Waals surface area contributed by atoms with Crippen molar-refractivity contribution in [2.24, 2.45) is 0 Å². The smallest absolute Gasteiger partial charge is 0.444 e. The fraction of sp³-hybridized carbons (Fsp3) is 0.789. The number of piperidine rings is 1. The van der Waals surface area contributed by atoms with Gasteiger partial charge in [0.05, 0.1) is 17.2 Å². The van der Waals surface area contributed by atoms with Crippen molar-refractivity contribution in [3.8, 4) is 0 Å². The zero-order valence-corrected chi connectivity index (χ0v) is 17.4. The molecule has 7 nitrogen and oxygen atoms in total. The number of ether oxygens (including phenoxy) is 1. The van der Waals surface area contributed by atoms with E-state index < -0.39 is 36.5 Å². The molecule has 2 fully saturated rings. The maximum atomic E-state index is 12.4. The van der Waals surface area contributed by atoms with Crippen LogP contribution in [0.3, 0.4) is 0 Å². The number of likely N-dealkylation sites (tertiary alicyclic amines) is 1. The maximum Gasteiger partial charge on any atom is 0.498 e. The second kappa shape index (κ2) is 6.81. The summed E-state index contributed by atoms with van der Waals surface area (Å²) in [5, 5.41) is 4.43. The van der Waals surface area contributed by atoms with Crippen molar-refractivity contribution in [2.45, 2.75) is 84.2 Å². The van der Waals surface area contributed by atoms with Crippen LogP contribution in [0.2, 0.25) is 0 Å². The second-order valence-electron chi connectivity index (χ2n) is 9.28. The maximum absolute atomic E-state index is 12.4. The molecule has 3 heterocycles. The summed E-state index contributed by atoms with van der Waals surface area (Å²) in [7, 11) is -0.507. The zero-order valence-electron chi connectivity index (χ0n) is 19.4. The summed E-state index contributed by atoms with van der Waals surface area (Å²) in [5.41, 5.74) is -0.728. The molecular weight excluding hydrogens is 345 g/mol. The number of nitrogens with zero attached hydrogens (tertiary/aromatic N) is 3. The Kier molecular flexibility index (Phi) is 4.43. The van der Waals surface area contributed by atoms with E-state index in [1.807, 2.05) is 33.9 Å². The van der Waals surface area contributed by atoms with Crippen molar-refractivity contribution in [3.05, 3.63) is 12.4 Å². The highest BCUT2D eigenvalue weighted by Gasteiger charge is 2.52. The summed E-state index contributed by atoms with van der Waals surface area (Å²) >= 11 is 0. The second-order valence-corrected chi connectivity index (χ2v) is 9.28. The molecule has 2 saturated heterocycles. The number of carbonyl (C=O) groups is 1. The van der Waals surface area contributed by atoms with E-state index >= 15 is 0 Å². The third kappa shape index (κ3) is 4.32. The predicted octanol–water partition coefficient (Wildman–Crippen LogP) is 2.75. The molecule has 1 amide bonds. The lowest BCUT2D eigenvalue weighted by Crippen LogP contribution is -2.42. The van der Waals surface area contributed by atoms with Gasteiger partial charge in [-0.05, 0) is 61.3 Å². The highest BCUT2D eigenvalue weighted by atomic mass is 16.7. The Labute approximate surface area is 165 Å². The van der Waals surface area contributed by atoms with Crippen LogP contribution in [0.5, 0.6) is 0 Å². The Balaban J connectivity index is 1.69. The Morgan fingerprint density at radius 2 is 1.93 bits per heavy atom. The van der Waals surface area contributed by atoms with Crippen LogP contribution in [-0.4, -0.2) is 57.7 Å². The molecule has 27 heavy (non-hydrogen) atoms. The van der Waals surface area contributed by atoms with Crippen molar-refractivity contribution < 1.29 is 21.6 Å². The topological polar surface area (TPSA) is 65.8 Å². The number of aromatic nitrogens is 2.